The molecule has 0 aromatic carbocycles. The summed E-state index contributed by atoms with van der Waals surface area (Å²) in [6.07, 6.45) is 51.2. The number of allylic oxidation sites excluding steroid dienone is 3. The topological polar surface area (TPSA) is 151 Å². The highest BCUT2D eigenvalue weighted by atomic mass is 31.2. The molecule has 1 amide bonds. The fourth-order valence-corrected chi connectivity index (χ4v) is 8.46. The highest BCUT2D eigenvalue weighted by Crippen LogP contribution is 2.43. The number of aliphatic hydroxyl groups excluding tert-OH is 2. The summed E-state index contributed by atoms with van der Waals surface area (Å²) in [6.45, 7) is 4.00. The standard InChI is InChI=1S/C50H99N2O7P/c1-3-5-7-9-11-13-15-17-19-21-22-23-24-26-28-30-32-34-36-38-40-42-49(54)48(46-59-60(56,57)58-44-43-51)52-50(55)45-47(53)41-39-37-35-33-31-29-27-25-20-18-16-14-12-10-8-6-4-2/h25,27,40,42,47-49,53-54H,3-24,26,28-39,41,43-46,51H2,1-2H3,(H,52,55)(H,56,57)/b27-25-,42-40+. The zero-order chi connectivity index (χ0) is 44.0. The van der Waals surface area contributed by atoms with E-state index in [4.69, 9.17) is 14.8 Å². The Kier molecular flexibility index (Phi) is 45.1. The number of unbranched alkanes of at least 4 members (excludes halogenated alkanes) is 32. The molecule has 0 aliphatic rings. The van der Waals surface area contributed by atoms with Crippen molar-refractivity contribution in [2.24, 2.45) is 5.73 Å². The van der Waals surface area contributed by atoms with Gasteiger partial charge in [0.1, 0.15) is 0 Å². The van der Waals surface area contributed by atoms with Crippen molar-refractivity contribution in [2.45, 2.75) is 270 Å². The molecule has 0 aromatic heterocycles. The van der Waals surface area contributed by atoms with E-state index < -0.39 is 38.6 Å². The van der Waals surface area contributed by atoms with Gasteiger partial charge >= 0.3 is 7.82 Å². The zero-order valence-electron chi connectivity index (χ0n) is 39.3. The van der Waals surface area contributed by atoms with Crippen LogP contribution in [-0.2, 0) is 18.4 Å². The summed E-state index contributed by atoms with van der Waals surface area (Å²) in [5, 5.41) is 24.2. The third-order valence-corrected chi connectivity index (χ3v) is 12.6. The molecule has 4 atom stereocenters. The molecule has 0 aliphatic carbocycles. The maximum Gasteiger partial charge on any atom is 0.472 e. The largest absolute Gasteiger partial charge is 0.472 e. The van der Waals surface area contributed by atoms with Gasteiger partial charge in [0.15, 0.2) is 0 Å². The average Bonchev–Trinajstić information content (AvgIpc) is 3.23. The Morgan fingerprint density at radius 1 is 0.567 bits per heavy atom. The van der Waals surface area contributed by atoms with Crippen molar-refractivity contribution in [1.82, 2.24) is 5.32 Å². The fourth-order valence-electron chi connectivity index (χ4n) is 7.70. The Bertz CT molecular complexity index is 1010. The molecule has 356 valence electrons. The Morgan fingerprint density at radius 2 is 0.933 bits per heavy atom. The molecule has 0 radical (unpaired) electrons. The summed E-state index contributed by atoms with van der Waals surface area (Å²) >= 11 is 0. The van der Waals surface area contributed by atoms with Crippen LogP contribution in [0.15, 0.2) is 24.3 Å². The quantitative estimate of drug-likeness (QED) is 0.0230. The molecule has 0 saturated heterocycles. The molecule has 0 bridgehead atoms. The van der Waals surface area contributed by atoms with Crippen molar-refractivity contribution in [2.75, 3.05) is 19.8 Å². The number of rotatable bonds is 48. The second-order valence-corrected chi connectivity index (χ2v) is 19.0. The molecule has 60 heavy (non-hydrogen) atoms. The van der Waals surface area contributed by atoms with E-state index in [-0.39, 0.29) is 19.6 Å². The second-order valence-electron chi connectivity index (χ2n) is 17.6. The van der Waals surface area contributed by atoms with Crippen molar-refractivity contribution < 1.29 is 33.5 Å². The van der Waals surface area contributed by atoms with Crippen LogP contribution in [-0.4, -0.2) is 59.0 Å². The lowest BCUT2D eigenvalue weighted by atomic mass is 10.0. The van der Waals surface area contributed by atoms with Crippen LogP contribution in [0.25, 0.3) is 0 Å². The number of amides is 1. The minimum atomic E-state index is -4.40. The van der Waals surface area contributed by atoms with Gasteiger partial charge in [-0.05, 0) is 44.9 Å². The molecule has 0 rings (SSSR count). The first kappa shape index (κ1) is 58.9. The number of aliphatic hydroxyl groups is 2. The first-order valence-corrected chi connectivity index (χ1v) is 27.0. The molecule has 0 fully saturated rings. The number of phosphoric acid groups is 1. The van der Waals surface area contributed by atoms with Crippen LogP contribution in [0.2, 0.25) is 0 Å². The number of phosphoric ester groups is 1. The number of hydrogen-bond donors (Lipinski definition) is 5. The first-order chi connectivity index (χ1) is 29.3. The summed E-state index contributed by atoms with van der Waals surface area (Å²) in [4.78, 5) is 22.9. The molecular formula is C50H99N2O7P. The van der Waals surface area contributed by atoms with Gasteiger partial charge in [0.2, 0.25) is 5.91 Å². The molecule has 0 aromatic rings. The van der Waals surface area contributed by atoms with Crippen LogP contribution in [0.5, 0.6) is 0 Å². The lowest BCUT2D eigenvalue weighted by Crippen LogP contribution is -2.46. The van der Waals surface area contributed by atoms with E-state index in [1.165, 1.54) is 173 Å². The van der Waals surface area contributed by atoms with Gasteiger partial charge in [0, 0.05) is 6.54 Å². The van der Waals surface area contributed by atoms with Crippen molar-refractivity contribution in [3.63, 3.8) is 0 Å². The Morgan fingerprint density at radius 3 is 1.33 bits per heavy atom. The van der Waals surface area contributed by atoms with E-state index in [1.54, 1.807) is 6.08 Å². The highest BCUT2D eigenvalue weighted by molar-refractivity contribution is 7.47. The van der Waals surface area contributed by atoms with Gasteiger partial charge in [-0.25, -0.2) is 4.57 Å². The summed E-state index contributed by atoms with van der Waals surface area (Å²) in [7, 11) is -4.40. The Balaban J connectivity index is 4.21. The third-order valence-electron chi connectivity index (χ3n) is 11.6. The van der Waals surface area contributed by atoms with Crippen LogP contribution in [0.3, 0.4) is 0 Å². The molecule has 10 heteroatoms. The van der Waals surface area contributed by atoms with Gasteiger partial charge in [-0.1, -0.05) is 224 Å². The number of carbonyl (C=O) groups is 1. The lowest BCUT2D eigenvalue weighted by Gasteiger charge is -2.24. The lowest BCUT2D eigenvalue weighted by molar-refractivity contribution is -0.124. The van der Waals surface area contributed by atoms with Crippen LogP contribution < -0.4 is 11.1 Å². The van der Waals surface area contributed by atoms with Gasteiger partial charge in [0.25, 0.3) is 0 Å². The van der Waals surface area contributed by atoms with E-state index >= 15 is 0 Å². The number of carbonyl (C=O) groups excluding carboxylic acids is 1. The average molecular weight is 871 g/mol. The smallest absolute Gasteiger partial charge is 0.393 e. The normalized spacial score (nSPS) is 14.6. The Labute approximate surface area is 370 Å². The van der Waals surface area contributed by atoms with Crippen molar-refractivity contribution in [3.8, 4) is 0 Å². The van der Waals surface area contributed by atoms with E-state index in [1.807, 2.05) is 6.08 Å². The monoisotopic (exact) mass is 871 g/mol. The van der Waals surface area contributed by atoms with E-state index in [2.05, 4.69) is 31.3 Å². The third kappa shape index (κ3) is 43.6. The molecule has 0 saturated carbocycles. The maximum atomic E-state index is 12.9. The predicted octanol–water partition coefficient (Wildman–Crippen LogP) is 13.9. The van der Waals surface area contributed by atoms with Gasteiger partial charge in [-0.15, -0.1) is 0 Å². The summed E-state index contributed by atoms with van der Waals surface area (Å²) in [5.74, 6) is -0.447. The van der Waals surface area contributed by atoms with Crippen molar-refractivity contribution in [3.05, 3.63) is 24.3 Å². The van der Waals surface area contributed by atoms with Gasteiger partial charge in [-0.3, -0.25) is 13.8 Å². The summed E-state index contributed by atoms with van der Waals surface area (Å²) in [6, 6.07) is -0.984. The van der Waals surface area contributed by atoms with Gasteiger partial charge in [0.05, 0.1) is 37.9 Å². The van der Waals surface area contributed by atoms with Crippen LogP contribution in [0.4, 0.5) is 0 Å². The molecule has 0 heterocycles. The molecule has 0 spiro atoms. The minimum Gasteiger partial charge on any atom is -0.393 e. The SMILES string of the molecule is CCCCCCCCCC/C=C\CCCCCCCC(O)CC(=O)NC(COP(=O)(O)OCCN)C(O)/C=C/CCCCCCCCCCCCCCCCCCCCC. The minimum absolute atomic E-state index is 0.0492. The van der Waals surface area contributed by atoms with Crippen LogP contribution >= 0.6 is 7.82 Å². The summed E-state index contributed by atoms with van der Waals surface area (Å²) < 4.78 is 22.2. The second kappa shape index (κ2) is 45.9. The van der Waals surface area contributed by atoms with Gasteiger partial charge in [-0.2, -0.15) is 0 Å². The molecular weight excluding hydrogens is 772 g/mol. The number of nitrogens with two attached hydrogens (primary N) is 1. The van der Waals surface area contributed by atoms with Crippen molar-refractivity contribution >= 4 is 13.7 Å². The van der Waals surface area contributed by atoms with E-state index in [9.17, 15) is 24.5 Å². The van der Waals surface area contributed by atoms with Crippen LogP contribution in [0, 0.1) is 0 Å². The molecule has 0 aliphatic heterocycles. The molecule has 9 nitrogen and oxygen atoms in total. The van der Waals surface area contributed by atoms with Crippen LogP contribution in [0.1, 0.15) is 251 Å². The number of hydrogen-bond acceptors (Lipinski definition) is 7. The zero-order valence-corrected chi connectivity index (χ0v) is 40.2. The Hall–Kier alpha value is -1.06. The van der Waals surface area contributed by atoms with E-state index in [0.717, 1.165) is 51.4 Å². The van der Waals surface area contributed by atoms with E-state index in [0.29, 0.717) is 6.42 Å². The predicted molar refractivity (Wildman–Crippen MR) is 255 cm³/mol. The first-order valence-electron chi connectivity index (χ1n) is 25.5. The fraction of sp³-hybridized carbons (Fsp3) is 0.900. The molecule has 6 N–H and O–H groups in total. The van der Waals surface area contributed by atoms with Gasteiger partial charge < -0.3 is 26.2 Å². The van der Waals surface area contributed by atoms with Crippen molar-refractivity contribution in [1.29, 1.82) is 0 Å². The number of nitrogens with one attached hydrogen (secondary N) is 1. The molecule has 4 unspecified atom stereocenters. The highest BCUT2D eigenvalue weighted by Gasteiger charge is 2.27. The summed E-state index contributed by atoms with van der Waals surface area (Å²) in [5.41, 5.74) is 5.38. The maximum absolute atomic E-state index is 12.9.